The fourth-order valence-electron chi connectivity index (χ4n) is 1.65. The van der Waals surface area contributed by atoms with Crippen LogP contribution in [0.15, 0.2) is 0 Å². The van der Waals surface area contributed by atoms with E-state index in [1.54, 1.807) is 0 Å². The first-order valence-corrected chi connectivity index (χ1v) is 5.49. The minimum absolute atomic E-state index is 0.0200. The Morgan fingerprint density at radius 3 is 2.80 bits per heavy atom. The van der Waals surface area contributed by atoms with Crippen molar-refractivity contribution in [2.45, 2.75) is 19.8 Å². The summed E-state index contributed by atoms with van der Waals surface area (Å²) in [5.41, 5.74) is 0. The highest BCUT2D eigenvalue weighted by Crippen LogP contribution is 2.09. The van der Waals surface area contributed by atoms with E-state index in [0.717, 1.165) is 25.9 Å². The largest absolute Gasteiger partial charge is 0.355 e. The van der Waals surface area contributed by atoms with Crippen molar-refractivity contribution < 1.29 is 9.59 Å². The Morgan fingerprint density at radius 1 is 1.40 bits per heavy atom. The topological polar surface area (TPSA) is 70.2 Å². The molecule has 0 bridgehead atoms. The monoisotopic (exact) mass is 213 g/mol. The van der Waals surface area contributed by atoms with Crippen molar-refractivity contribution >= 4 is 11.8 Å². The molecular weight excluding hydrogens is 194 g/mol. The Bertz CT molecular complexity index is 225. The fraction of sp³-hybridized carbons (Fsp3) is 0.800. The van der Waals surface area contributed by atoms with Crippen LogP contribution in [-0.2, 0) is 9.59 Å². The maximum atomic E-state index is 11.6. The molecule has 0 unspecified atom stereocenters. The third-order valence-corrected chi connectivity index (χ3v) is 2.46. The van der Waals surface area contributed by atoms with Gasteiger partial charge in [-0.3, -0.25) is 9.59 Å². The van der Waals surface area contributed by atoms with E-state index in [-0.39, 0.29) is 24.3 Å². The lowest BCUT2D eigenvalue weighted by Gasteiger charge is -2.21. The smallest absolute Gasteiger partial charge is 0.239 e. The van der Waals surface area contributed by atoms with E-state index in [1.807, 2.05) is 6.92 Å². The molecule has 5 nitrogen and oxygen atoms in total. The van der Waals surface area contributed by atoms with Gasteiger partial charge in [0.05, 0.1) is 12.5 Å². The summed E-state index contributed by atoms with van der Waals surface area (Å²) in [6.45, 7) is 4.25. The van der Waals surface area contributed by atoms with Crippen molar-refractivity contribution in [2.75, 3.05) is 26.2 Å². The van der Waals surface area contributed by atoms with Crippen LogP contribution in [-0.4, -0.2) is 38.0 Å². The van der Waals surface area contributed by atoms with Crippen LogP contribution in [0.25, 0.3) is 0 Å². The van der Waals surface area contributed by atoms with Crippen LogP contribution >= 0.6 is 0 Å². The van der Waals surface area contributed by atoms with Gasteiger partial charge in [0, 0.05) is 13.1 Å². The normalized spacial score (nSPS) is 20.7. The van der Waals surface area contributed by atoms with E-state index in [4.69, 9.17) is 0 Å². The Labute approximate surface area is 90.0 Å². The number of nitrogens with one attached hydrogen (secondary N) is 3. The van der Waals surface area contributed by atoms with Crippen LogP contribution in [0.5, 0.6) is 0 Å². The lowest BCUT2D eigenvalue weighted by Crippen LogP contribution is -2.44. The molecule has 0 aromatic rings. The Kier molecular flexibility index (Phi) is 5.10. The van der Waals surface area contributed by atoms with Crippen LogP contribution < -0.4 is 16.0 Å². The first kappa shape index (κ1) is 12.0. The zero-order chi connectivity index (χ0) is 11.1. The molecule has 0 aliphatic carbocycles. The van der Waals surface area contributed by atoms with Crippen molar-refractivity contribution in [2.24, 2.45) is 5.92 Å². The van der Waals surface area contributed by atoms with Crippen molar-refractivity contribution in [1.29, 1.82) is 0 Å². The summed E-state index contributed by atoms with van der Waals surface area (Å²) in [7, 11) is 0. The van der Waals surface area contributed by atoms with Crippen molar-refractivity contribution in [1.82, 2.24) is 16.0 Å². The van der Waals surface area contributed by atoms with Crippen molar-refractivity contribution in [3.8, 4) is 0 Å². The lowest BCUT2D eigenvalue weighted by atomic mass is 9.99. The standard InChI is InChI=1S/C10H19N3O2/c1-2-12-9(14)7-13-10(15)8-4-3-5-11-6-8/h8,11H,2-7H2,1H3,(H,12,14)(H,13,15)/t8-/m0/s1. The number of rotatable bonds is 4. The van der Waals surface area contributed by atoms with Gasteiger partial charge in [-0.2, -0.15) is 0 Å². The Morgan fingerprint density at radius 2 is 2.20 bits per heavy atom. The highest BCUT2D eigenvalue weighted by molar-refractivity contribution is 5.85. The van der Waals surface area contributed by atoms with Crippen LogP contribution in [0.3, 0.4) is 0 Å². The van der Waals surface area contributed by atoms with Gasteiger partial charge in [-0.05, 0) is 26.3 Å². The number of carbonyl (C=O) groups excluding carboxylic acids is 2. The predicted octanol–water partition coefficient (Wildman–Crippen LogP) is -0.762. The minimum Gasteiger partial charge on any atom is -0.355 e. The third-order valence-electron chi connectivity index (χ3n) is 2.46. The van der Waals surface area contributed by atoms with Gasteiger partial charge in [0.15, 0.2) is 0 Å². The van der Waals surface area contributed by atoms with Crippen LogP contribution in [0.1, 0.15) is 19.8 Å². The molecule has 5 heteroatoms. The number of hydrogen-bond donors (Lipinski definition) is 3. The number of hydrogen-bond acceptors (Lipinski definition) is 3. The molecule has 86 valence electrons. The Hall–Kier alpha value is -1.10. The van der Waals surface area contributed by atoms with E-state index < -0.39 is 0 Å². The second-order valence-corrected chi connectivity index (χ2v) is 3.71. The molecule has 1 aliphatic rings. The molecule has 1 rings (SSSR count). The van der Waals surface area contributed by atoms with E-state index in [2.05, 4.69) is 16.0 Å². The molecule has 3 N–H and O–H groups in total. The summed E-state index contributed by atoms with van der Waals surface area (Å²) in [5, 5.41) is 8.45. The van der Waals surface area contributed by atoms with Gasteiger partial charge in [-0.15, -0.1) is 0 Å². The quantitative estimate of drug-likeness (QED) is 0.575. The Balaban J connectivity index is 2.19. The van der Waals surface area contributed by atoms with E-state index in [1.165, 1.54) is 0 Å². The maximum absolute atomic E-state index is 11.6. The molecule has 1 fully saturated rings. The number of piperidine rings is 1. The SMILES string of the molecule is CCNC(=O)CNC(=O)[C@H]1CCCNC1. The number of carbonyl (C=O) groups is 2. The minimum atomic E-state index is -0.130. The van der Waals surface area contributed by atoms with Gasteiger partial charge in [0.25, 0.3) is 0 Å². The first-order valence-electron chi connectivity index (χ1n) is 5.49. The van der Waals surface area contributed by atoms with E-state index in [9.17, 15) is 9.59 Å². The molecule has 1 aliphatic heterocycles. The summed E-state index contributed by atoms with van der Waals surface area (Å²) >= 11 is 0. The zero-order valence-electron chi connectivity index (χ0n) is 9.14. The van der Waals surface area contributed by atoms with Gasteiger partial charge in [-0.25, -0.2) is 0 Å². The van der Waals surface area contributed by atoms with Gasteiger partial charge < -0.3 is 16.0 Å². The fourth-order valence-corrected chi connectivity index (χ4v) is 1.65. The molecule has 2 amide bonds. The van der Waals surface area contributed by atoms with Gasteiger partial charge >= 0.3 is 0 Å². The molecular formula is C10H19N3O2. The highest BCUT2D eigenvalue weighted by Gasteiger charge is 2.20. The molecule has 0 saturated carbocycles. The highest BCUT2D eigenvalue weighted by atomic mass is 16.2. The second-order valence-electron chi connectivity index (χ2n) is 3.71. The summed E-state index contributed by atoms with van der Waals surface area (Å²) in [5.74, 6) is -0.128. The van der Waals surface area contributed by atoms with E-state index in [0.29, 0.717) is 6.54 Å². The van der Waals surface area contributed by atoms with Crippen molar-refractivity contribution in [3.63, 3.8) is 0 Å². The van der Waals surface area contributed by atoms with E-state index >= 15 is 0 Å². The molecule has 15 heavy (non-hydrogen) atoms. The number of amides is 2. The molecule has 0 radical (unpaired) electrons. The van der Waals surface area contributed by atoms with Gasteiger partial charge in [0.1, 0.15) is 0 Å². The molecule has 1 saturated heterocycles. The zero-order valence-corrected chi connectivity index (χ0v) is 9.14. The summed E-state index contributed by atoms with van der Waals surface area (Å²) in [6.07, 6.45) is 1.94. The third kappa shape index (κ3) is 4.29. The average Bonchev–Trinajstić information content (AvgIpc) is 2.27. The summed E-state index contributed by atoms with van der Waals surface area (Å²) in [4.78, 5) is 22.7. The van der Waals surface area contributed by atoms with Crippen LogP contribution in [0.2, 0.25) is 0 Å². The second kappa shape index (κ2) is 6.40. The number of likely N-dealkylation sites (N-methyl/N-ethyl adjacent to an activating group) is 1. The van der Waals surface area contributed by atoms with Crippen molar-refractivity contribution in [3.05, 3.63) is 0 Å². The molecule has 1 atom stereocenters. The lowest BCUT2D eigenvalue weighted by molar-refractivity contribution is -0.128. The molecule has 0 spiro atoms. The molecule has 1 heterocycles. The predicted molar refractivity (Wildman–Crippen MR) is 57.3 cm³/mol. The van der Waals surface area contributed by atoms with Gasteiger partial charge in [0.2, 0.25) is 11.8 Å². The molecule has 0 aromatic heterocycles. The van der Waals surface area contributed by atoms with Crippen LogP contribution in [0.4, 0.5) is 0 Å². The first-order chi connectivity index (χ1) is 7.24. The van der Waals surface area contributed by atoms with Crippen LogP contribution in [0, 0.1) is 5.92 Å². The van der Waals surface area contributed by atoms with Gasteiger partial charge in [-0.1, -0.05) is 0 Å². The summed E-state index contributed by atoms with van der Waals surface area (Å²) in [6, 6.07) is 0. The average molecular weight is 213 g/mol. The molecule has 0 aromatic carbocycles. The summed E-state index contributed by atoms with van der Waals surface area (Å²) < 4.78 is 0. The maximum Gasteiger partial charge on any atom is 0.239 e.